The second kappa shape index (κ2) is 10.8. The van der Waals surface area contributed by atoms with Gasteiger partial charge in [0.1, 0.15) is 24.1 Å². The maximum Gasteiger partial charge on any atom is 0.266 e. The van der Waals surface area contributed by atoms with Crippen molar-refractivity contribution in [2.45, 2.75) is 6.61 Å². The van der Waals surface area contributed by atoms with Crippen LogP contribution in [0.15, 0.2) is 64.6 Å². The number of benzene rings is 3. The van der Waals surface area contributed by atoms with E-state index >= 15 is 0 Å². The summed E-state index contributed by atoms with van der Waals surface area (Å²) in [6, 6.07) is 16.0. The summed E-state index contributed by atoms with van der Waals surface area (Å²) < 4.78 is 19.9. The van der Waals surface area contributed by atoms with Gasteiger partial charge in [0, 0.05) is 5.56 Å². The maximum atomic E-state index is 13.8. The topological polar surface area (TPSA) is 62.1 Å². The molecule has 0 aliphatic rings. The van der Waals surface area contributed by atoms with Gasteiger partial charge in [-0.05, 0) is 57.9 Å². The van der Waals surface area contributed by atoms with Gasteiger partial charge in [-0.2, -0.15) is 5.26 Å². The lowest BCUT2D eigenvalue weighted by atomic mass is 10.1. The number of anilines is 1. The largest absolute Gasteiger partial charge is 0.486 e. The zero-order chi connectivity index (χ0) is 23.3. The summed E-state index contributed by atoms with van der Waals surface area (Å²) in [5.74, 6) is -0.742. The summed E-state index contributed by atoms with van der Waals surface area (Å²) in [5.41, 5.74) is 0.956. The van der Waals surface area contributed by atoms with Crippen LogP contribution in [0, 0.1) is 17.1 Å². The third-order valence-corrected chi connectivity index (χ3v) is 5.92. The molecule has 0 aliphatic heterocycles. The summed E-state index contributed by atoms with van der Waals surface area (Å²) in [6.45, 7) is -0.0214. The molecule has 3 aromatic carbocycles. The summed E-state index contributed by atoms with van der Waals surface area (Å²) in [4.78, 5) is 12.5. The van der Waals surface area contributed by atoms with Crippen LogP contribution < -0.4 is 10.1 Å². The Morgan fingerprint density at radius 2 is 1.88 bits per heavy atom. The molecule has 0 unspecified atom stereocenters. The van der Waals surface area contributed by atoms with Crippen molar-refractivity contribution in [3.8, 4) is 11.8 Å². The number of rotatable bonds is 6. The predicted octanol–water partition coefficient (Wildman–Crippen LogP) is 7.67. The summed E-state index contributed by atoms with van der Waals surface area (Å²) in [6.07, 6.45) is 1.37. The lowest BCUT2D eigenvalue weighted by Crippen LogP contribution is -2.13. The van der Waals surface area contributed by atoms with E-state index in [4.69, 9.17) is 39.5 Å². The van der Waals surface area contributed by atoms with Crippen LogP contribution in [0.2, 0.25) is 15.1 Å². The van der Waals surface area contributed by atoms with Gasteiger partial charge in [0.05, 0.1) is 25.2 Å². The van der Waals surface area contributed by atoms with Crippen molar-refractivity contribution in [3.63, 3.8) is 0 Å². The van der Waals surface area contributed by atoms with Crippen LogP contribution in [-0.4, -0.2) is 5.91 Å². The van der Waals surface area contributed by atoms with E-state index in [0.29, 0.717) is 21.3 Å². The highest BCUT2D eigenvalue weighted by atomic mass is 79.9. The Morgan fingerprint density at radius 3 is 2.56 bits per heavy atom. The maximum absolute atomic E-state index is 13.8. The Hall–Kier alpha value is -2.56. The molecule has 0 aliphatic carbocycles. The average Bonchev–Trinajstić information content (AvgIpc) is 2.75. The van der Waals surface area contributed by atoms with Gasteiger partial charge in [-0.3, -0.25) is 4.79 Å². The monoisotopic (exact) mass is 552 g/mol. The first-order valence-electron chi connectivity index (χ1n) is 9.02. The molecule has 0 atom stereocenters. The molecule has 0 spiro atoms. The Bertz CT molecular complexity index is 1240. The SMILES string of the molecule is N#C/C(=C/c1cc(Cl)c(OCc2ccccc2F)c(Br)c1)C(=O)Nc1cccc(Cl)c1Cl. The number of nitrogens with zero attached hydrogens (tertiary/aromatic N) is 1. The van der Waals surface area contributed by atoms with Gasteiger partial charge in [0.2, 0.25) is 0 Å². The molecule has 0 saturated carbocycles. The van der Waals surface area contributed by atoms with E-state index in [2.05, 4.69) is 21.2 Å². The molecule has 0 saturated heterocycles. The van der Waals surface area contributed by atoms with Crippen molar-refractivity contribution in [1.29, 1.82) is 5.26 Å². The van der Waals surface area contributed by atoms with Crippen molar-refractivity contribution in [2.24, 2.45) is 0 Å². The molecule has 0 radical (unpaired) electrons. The molecule has 32 heavy (non-hydrogen) atoms. The first-order chi connectivity index (χ1) is 15.3. The number of hydrogen-bond donors (Lipinski definition) is 1. The van der Waals surface area contributed by atoms with Crippen LogP contribution in [0.5, 0.6) is 5.75 Å². The number of nitriles is 1. The van der Waals surface area contributed by atoms with E-state index in [1.54, 1.807) is 42.5 Å². The molecule has 1 amide bonds. The van der Waals surface area contributed by atoms with E-state index in [1.807, 2.05) is 6.07 Å². The van der Waals surface area contributed by atoms with E-state index in [-0.39, 0.29) is 38.8 Å². The highest BCUT2D eigenvalue weighted by molar-refractivity contribution is 9.10. The number of carbonyl (C=O) groups is 1. The van der Waals surface area contributed by atoms with Gasteiger partial charge in [0.25, 0.3) is 5.91 Å². The minimum atomic E-state index is -0.663. The van der Waals surface area contributed by atoms with E-state index in [9.17, 15) is 14.4 Å². The fourth-order valence-electron chi connectivity index (χ4n) is 2.67. The van der Waals surface area contributed by atoms with E-state index in [0.717, 1.165) is 0 Å². The number of carbonyl (C=O) groups excluding carboxylic acids is 1. The molecule has 1 N–H and O–H groups in total. The van der Waals surface area contributed by atoms with Crippen LogP contribution >= 0.6 is 50.7 Å². The predicted molar refractivity (Wildman–Crippen MR) is 129 cm³/mol. The lowest BCUT2D eigenvalue weighted by Gasteiger charge is -2.12. The molecule has 3 aromatic rings. The van der Waals surface area contributed by atoms with Gasteiger partial charge in [-0.25, -0.2) is 4.39 Å². The minimum absolute atomic E-state index is 0.0214. The average molecular weight is 555 g/mol. The molecule has 4 nitrogen and oxygen atoms in total. The van der Waals surface area contributed by atoms with Crippen molar-refractivity contribution >= 4 is 68.4 Å². The number of halogens is 5. The van der Waals surface area contributed by atoms with Crippen molar-refractivity contribution in [1.82, 2.24) is 0 Å². The molecule has 0 fully saturated rings. The minimum Gasteiger partial charge on any atom is -0.486 e. The smallest absolute Gasteiger partial charge is 0.266 e. The van der Waals surface area contributed by atoms with E-state index < -0.39 is 5.91 Å². The fourth-order valence-corrected chi connectivity index (χ4v) is 4.01. The quantitative estimate of drug-likeness (QED) is 0.251. The van der Waals surface area contributed by atoms with Crippen LogP contribution in [0.25, 0.3) is 6.08 Å². The van der Waals surface area contributed by atoms with Gasteiger partial charge >= 0.3 is 0 Å². The van der Waals surface area contributed by atoms with Crippen LogP contribution in [0.1, 0.15) is 11.1 Å². The van der Waals surface area contributed by atoms with Crippen molar-refractivity contribution in [3.05, 3.63) is 96.7 Å². The molecule has 0 aromatic heterocycles. The first-order valence-corrected chi connectivity index (χ1v) is 10.9. The highest BCUT2D eigenvalue weighted by Gasteiger charge is 2.15. The summed E-state index contributed by atoms with van der Waals surface area (Å²) in [7, 11) is 0. The third kappa shape index (κ3) is 5.81. The van der Waals surface area contributed by atoms with Gasteiger partial charge in [-0.15, -0.1) is 0 Å². The van der Waals surface area contributed by atoms with Crippen LogP contribution in [0.4, 0.5) is 10.1 Å². The Balaban J connectivity index is 1.80. The first kappa shape index (κ1) is 24.1. The zero-order valence-electron chi connectivity index (χ0n) is 16.1. The number of amides is 1. The number of hydrogen-bond acceptors (Lipinski definition) is 3. The zero-order valence-corrected chi connectivity index (χ0v) is 20.0. The van der Waals surface area contributed by atoms with Crippen LogP contribution in [0.3, 0.4) is 0 Å². The molecule has 9 heteroatoms. The molecule has 0 bridgehead atoms. The summed E-state index contributed by atoms with van der Waals surface area (Å²) >= 11 is 21.7. The molecule has 0 heterocycles. The van der Waals surface area contributed by atoms with Crippen molar-refractivity contribution in [2.75, 3.05) is 5.32 Å². The molecule has 3 rings (SSSR count). The van der Waals surface area contributed by atoms with Gasteiger partial charge in [0.15, 0.2) is 5.75 Å². The van der Waals surface area contributed by atoms with Crippen molar-refractivity contribution < 1.29 is 13.9 Å². The number of nitrogens with one attached hydrogen (secondary N) is 1. The third-order valence-electron chi connectivity index (χ3n) is 4.23. The lowest BCUT2D eigenvalue weighted by molar-refractivity contribution is -0.112. The second-order valence-corrected chi connectivity index (χ2v) is 8.47. The Kier molecular flexibility index (Phi) is 8.16. The Morgan fingerprint density at radius 1 is 1.12 bits per heavy atom. The standard InChI is InChI=1S/C23H13BrCl3FN2O2/c24-16-9-13(10-18(26)22(16)32-12-14-4-1-2-6-19(14)28)8-15(11-29)23(31)30-20-7-3-5-17(25)21(20)27/h1-10H,12H2,(H,30,31)/b15-8-. The Labute approximate surface area is 207 Å². The van der Waals surface area contributed by atoms with E-state index in [1.165, 1.54) is 18.2 Å². The molecular formula is C23H13BrCl3FN2O2. The van der Waals surface area contributed by atoms with Gasteiger partial charge < -0.3 is 10.1 Å². The second-order valence-electron chi connectivity index (χ2n) is 6.42. The highest BCUT2D eigenvalue weighted by Crippen LogP contribution is 2.36. The summed E-state index contributed by atoms with van der Waals surface area (Å²) in [5, 5.41) is 12.7. The van der Waals surface area contributed by atoms with Crippen LogP contribution in [-0.2, 0) is 11.4 Å². The molecule has 162 valence electrons. The normalized spacial score (nSPS) is 11.1. The fraction of sp³-hybridized carbons (Fsp3) is 0.0435. The number of ether oxygens (including phenoxy) is 1. The van der Waals surface area contributed by atoms with Gasteiger partial charge in [-0.1, -0.05) is 59.1 Å². The molecular weight excluding hydrogens is 542 g/mol.